The molecule has 1 heterocycles. The molecule has 0 saturated carbocycles. The molecule has 0 unspecified atom stereocenters. The summed E-state index contributed by atoms with van der Waals surface area (Å²) in [5, 5.41) is 3.39. The minimum Gasteiger partial charge on any atom is -0.489 e. The number of hydrogen-bond donors (Lipinski definition) is 2. The fourth-order valence-corrected chi connectivity index (χ4v) is 2.98. The number of anilines is 2. The normalized spacial score (nSPS) is 10.9. The average molecular weight is 327 g/mol. The van der Waals surface area contributed by atoms with Gasteiger partial charge < -0.3 is 15.8 Å². The molecule has 1 aromatic heterocycles. The maximum Gasteiger partial charge on any atom is 0.255 e. The van der Waals surface area contributed by atoms with Crippen molar-refractivity contribution in [3.8, 4) is 5.75 Å². The van der Waals surface area contributed by atoms with Gasteiger partial charge in [0.15, 0.2) is 5.13 Å². The van der Waals surface area contributed by atoms with Crippen LogP contribution in [0.25, 0.3) is 10.2 Å². The number of fused-ring (bicyclic) bond motifs is 1. The Morgan fingerprint density at radius 1 is 1.26 bits per heavy atom. The number of nitrogens with one attached hydrogen (secondary N) is 1. The molecule has 0 aliphatic carbocycles. The zero-order chi connectivity index (χ0) is 16.4. The number of amides is 1. The van der Waals surface area contributed by atoms with Crippen molar-refractivity contribution in [3.63, 3.8) is 0 Å². The fourth-order valence-electron chi connectivity index (χ4n) is 2.20. The van der Waals surface area contributed by atoms with E-state index in [1.54, 1.807) is 18.2 Å². The molecule has 0 spiro atoms. The predicted octanol–water partition coefficient (Wildman–Crippen LogP) is 3.92. The van der Waals surface area contributed by atoms with Gasteiger partial charge in [-0.3, -0.25) is 4.79 Å². The van der Waals surface area contributed by atoms with E-state index in [-0.39, 0.29) is 12.0 Å². The molecular weight excluding hydrogens is 310 g/mol. The molecule has 0 fully saturated rings. The van der Waals surface area contributed by atoms with Crippen molar-refractivity contribution in [3.05, 3.63) is 48.0 Å². The first-order chi connectivity index (χ1) is 11.0. The molecule has 3 rings (SSSR count). The van der Waals surface area contributed by atoms with Crippen molar-refractivity contribution in [1.29, 1.82) is 0 Å². The van der Waals surface area contributed by atoms with Crippen LogP contribution in [-0.2, 0) is 0 Å². The number of benzene rings is 2. The molecule has 3 N–H and O–H groups in total. The highest BCUT2D eigenvalue weighted by Crippen LogP contribution is 2.27. The van der Waals surface area contributed by atoms with Crippen LogP contribution in [0.15, 0.2) is 42.5 Å². The molecule has 0 aliphatic heterocycles. The summed E-state index contributed by atoms with van der Waals surface area (Å²) in [6, 6.07) is 12.7. The third-order valence-corrected chi connectivity index (χ3v) is 4.01. The molecule has 2 aromatic carbocycles. The molecule has 0 atom stereocenters. The molecule has 1 amide bonds. The summed E-state index contributed by atoms with van der Waals surface area (Å²) in [6.07, 6.45) is 0.0320. The fraction of sp³-hybridized carbons (Fsp3) is 0.176. The van der Waals surface area contributed by atoms with Crippen molar-refractivity contribution in [2.75, 3.05) is 11.1 Å². The largest absolute Gasteiger partial charge is 0.489 e. The van der Waals surface area contributed by atoms with E-state index in [1.165, 1.54) is 11.3 Å². The number of nitrogens with zero attached hydrogens (tertiary/aromatic N) is 1. The highest BCUT2D eigenvalue weighted by atomic mass is 32.1. The van der Waals surface area contributed by atoms with Gasteiger partial charge in [-0.25, -0.2) is 4.98 Å². The second kappa shape index (κ2) is 6.26. The number of carbonyl (C=O) groups is 1. The van der Waals surface area contributed by atoms with E-state index in [9.17, 15) is 4.79 Å². The SMILES string of the molecule is CC(C)Oc1ccccc1NC(=O)c1ccc2nc(N)sc2c1. The molecule has 0 aliphatic rings. The summed E-state index contributed by atoms with van der Waals surface area (Å²) in [5.74, 6) is 0.456. The number of nitrogens with two attached hydrogens (primary N) is 1. The Balaban J connectivity index is 1.85. The van der Waals surface area contributed by atoms with E-state index < -0.39 is 0 Å². The molecule has 5 nitrogen and oxygen atoms in total. The number of thiazole rings is 1. The Kier molecular flexibility index (Phi) is 4.16. The van der Waals surface area contributed by atoms with Gasteiger partial charge in [-0.2, -0.15) is 0 Å². The van der Waals surface area contributed by atoms with Gasteiger partial charge in [-0.05, 0) is 44.2 Å². The molecular formula is C17H17N3O2S. The van der Waals surface area contributed by atoms with E-state index in [2.05, 4.69) is 10.3 Å². The van der Waals surface area contributed by atoms with Gasteiger partial charge in [0.05, 0.1) is 22.0 Å². The van der Waals surface area contributed by atoms with Crippen LogP contribution in [0.5, 0.6) is 5.75 Å². The monoisotopic (exact) mass is 327 g/mol. The summed E-state index contributed by atoms with van der Waals surface area (Å²) in [6.45, 7) is 3.89. The van der Waals surface area contributed by atoms with Crippen LogP contribution >= 0.6 is 11.3 Å². The average Bonchev–Trinajstić information content (AvgIpc) is 2.87. The third-order valence-electron chi connectivity index (χ3n) is 3.17. The molecule has 23 heavy (non-hydrogen) atoms. The second-order valence-corrected chi connectivity index (χ2v) is 6.41. The summed E-state index contributed by atoms with van der Waals surface area (Å²) < 4.78 is 6.61. The number of carbonyl (C=O) groups excluding carboxylic acids is 1. The maximum atomic E-state index is 12.5. The summed E-state index contributed by atoms with van der Waals surface area (Å²) in [4.78, 5) is 16.7. The van der Waals surface area contributed by atoms with Crippen LogP contribution in [0.1, 0.15) is 24.2 Å². The van der Waals surface area contributed by atoms with Crippen molar-refractivity contribution in [1.82, 2.24) is 4.98 Å². The van der Waals surface area contributed by atoms with Crippen LogP contribution in [-0.4, -0.2) is 17.0 Å². The van der Waals surface area contributed by atoms with Gasteiger partial charge in [0.25, 0.3) is 5.91 Å². The Bertz CT molecular complexity index is 858. The quantitative estimate of drug-likeness (QED) is 0.761. The number of para-hydroxylation sites is 2. The van der Waals surface area contributed by atoms with Crippen molar-refractivity contribution in [2.24, 2.45) is 0 Å². The van der Waals surface area contributed by atoms with Crippen molar-refractivity contribution in [2.45, 2.75) is 20.0 Å². The first-order valence-corrected chi connectivity index (χ1v) is 8.07. The number of aromatic nitrogens is 1. The molecule has 0 bridgehead atoms. The smallest absolute Gasteiger partial charge is 0.255 e. The highest BCUT2D eigenvalue weighted by molar-refractivity contribution is 7.22. The topological polar surface area (TPSA) is 77.2 Å². The second-order valence-electron chi connectivity index (χ2n) is 5.35. The Morgan fingerprint density at radius 2 is 2.04 bits per heavy atom. The Labute approximate surface area is 138 Å². The van der Waals surface area contributed by atoms with Crippen molar-refractivity contribution < 1.29 is 9.53 Å². The van der Waals surface area contributed by atoms with Gasteiger partial charge in [-0.1, -0.05) is 23.5 Å². The lowest BCUT2D eigenvalue weighted by atomic mass is 10.2. The van der Waals surface area contributed by atoms with E-state index in [0.717, 1.165) is 10.2 Å². The van der Waals surface area contributed by atoms with Crippen LogP contribution in [0, 0.1) is 0 Å². The van der Waals surface area contributed by atoms with Gasteiger partial charge in [-0.15, -0.1) is 0 Å². The van der Waals surface area contributed by atoms with Gasteiger partial charge >= 0.3 is 0 Å². The Hall–Kier alpha value is -2.60. The number of hydrogen-bond acceptors (Lipinski definition) is 5. The molecule has 3 aromatic rings. The number of rotatable bonds is 4. The predicted molar refractivity (Wildman–Crippen MR) is 94.2 cm³/mol. The van der Waals surface area contributed by atoms with Crippen LogP contribution in [0.4, 0.5) is 10.8 Å². The first kappa shape index (κ1) is 15.3. The zero-order valence-electron chi connectivity index (χ0n) is 12.9. The summed E-state index contributed by atoms with van der Waals surface area (Å²) in [7, 11) is 0. The number of nitrogen functional groups attached to an aromatic ring is 1. The minimum atomic E-state index is -0.196. The van der Waals surface area contributed by atoms with Crippen molar-refractivity contribution >= 4 is 38.3 Å². The Morgan fingerprint density at radius 3 is 2.83 bits per heavy atom. The van der Waals surface area contributed by atoms with E-state index in [4.69, 9.17) is 10.5 Å². The summed E-state index contributed by atoms with van der Waals surface area (Å²) in [5.41, 5.74) is 7.70. The third kappa shape index (κ3) is 3.43. The minimum absolute atomic E-state index is 0.0320. The highest BCUT2D eigenvalue weighted by Gasteiger charge is 2.12. The van der Waals surface area contributed by atoms with Gasteiger partial charge in [0, 0.05) is 5.56 Å². The standard InChI is InChI=1S/C17H17N3O2S/c1-10(2)22-14-6-4-3-5-12(14)19-16(21)11-7-8-13-15(9-11)23-17(18)20-13/h3-10H,1-2H3,(H2,18,20)(H,19,21). The van der Waals surface area contributed by atoms with Crippen LogP contribution in [0.2, 0.25) is 0 Å². The lowest BCUT2D eigenvalue weighted by Gasteiger charge is -2.14. The van der Waals surface area contributed by atoms with Crippen LogP contribution < -0.4 is 15.8 Å². The lowest BCUT2D eigenvalue weighted by molar-refractivity contribution is 0.102. The van der Waals surface area contributed by atoms with Gasteiger partial charge in [0.2, 0.25) is 0 Å². The zero-order valence-corrected chi connectivity index (χ0v) is 13.7. The molecule has 6 heteroatoms. The maximum absolute atomic E-state index is 12.5. The molecule has 118 valence electrons. The van der Waals surface area contributed by atoms with Crippen LogP contribution in [0.3, 0.4) is 0 Å². The van der Waals surface area contributed by atoms with Gasteiger partial charge in [0.1, 0.15) is 5.75 Å². The number of ether oxygens (including phenoxy) is 1. The van der Waals surface area contributed by atoms with E-state index >= 15 is 0 Å². The lowest BCUT2D eigenvalue weighted by Crippen LogP contribution is -2.14. The molecule has 0 radical (unpaired) electrons. The van der Waals surface area contributed by atoms with E-state index in [0.29, 0.717) is 22.1 Å². The van der Waals surface area contributed by atoms with E-state index in [1.807, 2.05) is 38.1 Å². The first-order valence-electron chi connectivity index (χ1n) is 7.26. The molecule has 0 saturated heterocycles. The summed E-state index contributed by atoms with van der Waals surface area (Å²) >= 11 is 1.36.